The first-order valence-electron chi connectivity index (χ1n) is 12.1. The zero-order valence-electron chi connectivity index (χ0n) is 20.1. The first kappa shape index (κ1) is 23.2. The number of furan rings is 1. The summed E-state index contributed by atoms with van der Waals surface area (Å²) in [6, 6.07) is 22.7. The van der Waals surface area contributed by atoms with Crippen molar-refractivity contribution in [3.05, 3.63) is 108 Å². The summed E-state index contributed by atoms with van der Waals surface area (Å²) in [5.41, 5.74) is 5.84. The largest absolute Gasteiger partial charge is 0.467 e. The summed E-state index contributed by atoms with van der Waals surface area (Å²) in [6.45, 7) is 6.79. The minimum Gasteiger partial charge on any atom is -0.467 e. The van der Waals surface area contributed by atoms with Gasteiger partial charge in [0.05, 0.1) is 30.6 Å². The van der Waals surface area contributed by atoms with Crippen LogP contribution in [0.3, 0.4) is 0 Å². The molecule has 3 aromatic heterocycles. The summed E-state index contributed by atoms with van der Waals surface area (Å²) in [4.78, 5) is 7.01. The van der Waals surface area contributed by atoms with Gasteiger partial charge >= 0.3 is 0 Å². The SMILES string of the molecule is Cc1cc([C@@H]2[C@H](c3ccccn3)NC(=S)N2CCCNc2ccccc2)c(C)n1Cc1ccco1. The number of rotatable bonds is 9. The lowest BCUT2D eigenvalue weighted by Gasteiger charge is -2.28. The van der Waals surface area contributed by atoms with Crippen LogP contribution < -0.4 is 10.6 Å². The molecule has 0 saturated carbocycles. The zero-order valence-corrected chi connectivity index (χ0v) is 21.0. The van der Waals surface area contributed by atoms with Crippen molar-refractivity contribution in [2.24, 2.45) is 0 Å². The fourth-order valence-electron chi connectivity index (χ4n) is 4.95. The van der Waals surface area contributed by atoms with Crippen molar-refractivity contribution < 1.29 is 4.42 Å². The van der Waals surface area contributed by atoms with Gasteiger partial charge in [0.1, 0.15) is 5.76 Å². The van der Waals surface area contributed by atoms with Gasteiger partial charge in [-0.3, -0.25) is 4.98 Å². The molecule has 1 saturated heterocycles. The average Bonchev–Trinajstić information content (AvgIpc) is 3.58. The highest BCUT2D eigenvalue weighted by Crippen LogP contribution is 2.41. The lowest BCUT2D eigenvalue weighted by Crippen LogP contribution is -2.31. The number of nitrogens with zero attached hydrogens (tertiary/aromatic N) is 3. The second-order valence-corrected chi connectivity index (χ2v) is 9.35. The lowest BCUT2D eigenvalue weighted by molar-refractivity contribution is 0.315. The Kier molecular flexibility index (Phi) is 6.86. The molecule has 0 unspecified atom stereocenters. The summed E-state index contributed by atoms with van der Waals surface area (Å²) >= 11 is 5.86. The second kappa shape index (κ2) is 10.4. The molecule has 7 heteroatoms. The molecule has 180 valence electrons. The fraction of sp³-hybridized carbons (Fsp3) is 0.286. The van der Waals surface area contributed by atoms with Crippen molar-refractivity contribution >= 4 is 23.0 Å². The van der Waals surface area contributed by atoms with Gasteiger partial charge in [-0.25, -0.2) is 0 Å². The number of anilines is 1. The smallest absolute Gasteiger partial charge is 0.170 e. The van der Waals surface area contributed by atoms with Crippen molar-refractivity contribution in [2.75, 3.05) is 18.4 Å². The highest BCUT2D eigenvalue weighted by molar-refractivity contribution is 7.80. The number of benzene rings is 1. The summed E-state index contributed by atoms with van der Waals surface area (Å²) in [7, 11) is 0. The highest BCUT2D eigenvalue weighted by Gasteiger charge is 2.41. The van der Waals surface area contributed by atoms with E-state index in [0.29, 0.717) is 6.54 Å². The first-order chi connectivity index (χ1) is 17.1. The van der Waals surface area contributed by atoms with Gasteiger partial charge in [-0.2, -0.15) is 0 Å². The van der Waals surface area contributed by atoms with Gasteiger partial charge in [0.2, 0.25) is 0 Å². The van der Waals surface area contributed by atoms with E-state index in [0.717, 1.165) is 41.8 Å². The number of aromatic nitrogens is 2. The number of hydrogen-bond acceptors (Lipinski definition) is 4. The molecular formula is C28H31N5OS. The number of nitrogens with one attached hydrogen (secondary N) is 2. The summed E-state index contributed by atoms with van der Waals surface area (Å²) < 4.78 is 7.95. The topological polar surface area (TPSA) is 58.3 Å². The van der Waals surface area contributed by atoms with Gasteiger partial charge in [-0.05, 0) is 80.5 Å². The third kappa shape index (κ3) is 4.95. The Bertz CT molecular complexity index is 1250. The molecule has 0 bridgehead atoms. The summed E-state index contributed by atoms with van der Waals surface area (Å²) in [5.74, 6) is 0.948. The monoisotopic (exact) mass is 485 g/mol. The molecule has 0 aliphatic carbocycles. The average molecular weight is 486 g/mol. The van der Waals surface area contributed by atoms with Crippen LogP contribution in [0.25, 0.3) is 0 Å². The number of aryl methyl sites for hydroxylation is 1. The van der Waals surface area contributed by atoms with Crippen LogP contribution in [0.5, 0.6) is 0 Å². The number of pyridine rings is 1. The maximum atomic E-state index is 5.86. The van der Waals surface area contributed by atoms with Crippen molar-refractivity contribution in [1.82, 2.24) is 19.8 Å². The molecule has 2 atom stereocenters. The lowest BCUT2D eigenvalue weighted by atomic mass is 9.96. The Morgan fingerprint density at radius 1 is 1.06 bits per heavy atom. The molecule has 1 aliphatic rings. The van der Waals surface area contributed by atoms with Gasteiger partial charge in [0, 0.05) is 36.4 Å². The van der Waals surface area contributed by atoms with Gasteiger partial charge < -0.3 is 24.5 Å². The highest BCUT2D eigenvalue weighted by atomic mass is 32.1. The van der Waals surface area contributed by atoms with Crippen molar-refractivity contribution in [3.8, 4) is 0 Å². The molecule has 5 rings (SSSR count). The van der Waals surface area contributed by atoms with Crippen LogP contribution in [0, 0.1) is 13.8 Å². The van der Waals surface area contributed by atoms with E-state index in [1.54, 1.807) is 6.26 Å². The Balaban J connectivity index is 1.41. The van der Waals surface area contributed by atoms with Crippen LogP contribution in [0.2, 0.25) is 0 Å². The van der Waals surface area contributed by atoms with Crippen LogP contribution >= 0.6 is 12.2 Å². The van der Waals surface area contributed by atoms with Gasteiger partial charge in [-0.15, -0.1) is 0 Å². The molecule has 1 aliphatic heterocycles. The molecule has 6 nitrogen and oxygen atoms in total. The van der Waals surface area contributed by atoms with E-state index in [1.165, 1.54) is 17.0 Å². The van der Waals surface area contributed by atoms with E-state index in [-0.39, 0.29) is 12.1 Å². The van der Waals surface area contributed by atoms with Crippen LogP contribution in [0.1, 0.15) is 46.9 Å². The summed E-state index contributed by atoms with van der Waals surface area (Å²) in [6.07, 6.45) is 4.54. The minimum absolute atomic E-state index is 0.0108. The fourth-order valence-corrected chi connectivity index (χ4v) is 5.28. The molecule has 4 aromatic rings. The normalized spacial score (nSPS) is 17.5. The Hall–Kier alpha value is -3.58. The minimum atomic E-state index is -0.0108. The molecular weight excluding hydrogens is 454 g/mol. The van der Waals surface area contributed by atoms with Gasteiger partial charge in [-0.1, -0.05) is 24.3 Å². The van der Waals surface area contributed by atoms with Crippen LogP contribution in [-0.2, 0) is 6.54 Å². The van der Waals surface area contributed by atoms with E-state index in [2.05, 4.69) is 63.2 Å². The van der Waals surface area contributed by atoms with Gasteiger partial charge in [0.15, 0.2) is 5.11 Å². The van der Waals surface area contributed by atoms with Crippen molar-refractivity contribution in [3.63, 3.8) is 0 Å². The maximum Gasteiger partial charge on any atom is 0.170 e. The molecule has 0 amide bonds. The molecule has 1 fully saturated rings. The maximum absolute atomic E-state index is 5.86. The van der Waals surface area contributed by atoms with Crippen LogP contribution in [-0.4, -0.2) is 32.7 Å². The first-order valence-corrected chi connectivity index (χ1v) is 12.5. The molecule has 35 heavy (non-hydrogen) atoms. The predicted molar refractivity (Wildman–Crippen MR) is 143 cm³/mol. The zero-order chi connectivity index (χ0) is 24.2. The molecule has 4 heterocycles. The Labute approximate surface area is 212 Å². The Morgan fingerprint density at radius 2 is 1.89 bits per heavy atom. The predicted octanol–water partition coefficient (Wildman–Crippen LogP) is 5.62. The standard InChI is InChI=1S/C28H31N5OS/c1-20-18-24(21(2)33(20)19-23-12-8-17-34-23)27-26(25-13-6-7-14-30-25)31-28(35)32(27)16-9-15-29-22-10-4-3-5-11-22/h3-8,10-14,17-18,26-27,29H,9,15-16,19H2,1-2H3,(H,31,35)/t26-,27+/m0/s1. The van der Waals surface area contributed by atoms with E-state index in [9.17, 15) is 0 Å². The molecule has 0 spiro atoms. The number of hydrogen-bond donors (Lipinski definition) is 2. The summed E-state index contributed by atoms with van der Waals surface area (Å²) in [5, 5.41) is 7.87. The molecule has 2 N–H and O–H groups in total. The third-order valence-electron chi connectivity index (χ3n) is 6.70. The van der Waals surface area contributed by atoms with Crippen LogP contribution in [0.4, 0.5) is 5.69 Å². The van der Waals surface area contributed by atoms with Crippen molar-refractivity contribution in [2.45, 2.75) is 38.9 Å². The second-order valence-electron chi connectivity index (χ2n) is 8.96. The molecule has 0 radical (unpaired) electrons. The van der Waals surface area contributed by atoms with E-state index in [4.69, 9.17) is 16.6 Å². The van der Waals surface area contributed by atoms with E-state index < -0.39 is 0 Å². The van der Waals surface area contributed by atoms with E-state index in [1.807, 2.05) is 48.7 Å². The number of para-hydroxylation sites is 1. The van der Waals surface area contributed by atoms with Crippen LogP contribution in [0.15, 0.2) is 83.6 Å². The Morgan fingerprint density at radius 3 is 2.63 bits per heavy atom. The van der Waals surface area contributed by atoms with Crippen molar-refractivity contribution in [1.29, 1.82) is 0 Å². The molecule has 1 aromatic carbocycles. The van der Waals surface area contributed by atoms with E-state index >= 15 is 0 Å². The third-order valence-corrected chi connectivity index (χ3v) is 7.05. The van der Waals surface area contributed by atoms with Gasteiger partial charge in [0.25, 0.3) is 0 Å². The quantitative estimate of drug-likeness (QED) is 0.237. The number of thiocarbonyl (C=S) groups is 1.